The average molecular weight is 405 g/mol. The summed E-state index contributed by atoms with van der Waals surface area (Å²) in [6.45, 7) is 3.14. The largest absolute Gasteiger partial charge is 0.469 e. The van der Waals surface area contributed by atoms with Crippen molar-refractivity contribution in [3.8, 4) is 0 Å². The number of aliphatic imine (C=N–C) groups is 1. The fourth-order valence-corrected chi connectivity index (χ4v) is 2.94. The molecule has 1 fully saturated rings. The number of nitrogens with zero attached hydrogens (tertiary/aromatic N) is 1. The quantitative estimate of drug-likeness (QED) is 0.447. The van der Waals surface area contributed by atoms with Gasteiger partial charge in [-0.15, -0.1) is 24.0 Å². The van der Waals surface area contributed by atoms with Crippen molar-refractivity contribution in [3.63, 3.8) is 0 Å². The fraction of sp³-hybridized carbons (Fsp3) is 0.688. The van der Waals surface area contributed by atoms with E-state index in [0.29, 0.717) is 6.04 Å². The molecule has 2 rings (SSSR count). The zero-order valence-corrected chi connectivity index (χ0v) is 15.4. The van der Waals surface area contributed by atoms with Crippen molar-refractivity contribution >= 4 is 29.9 Å². The lowest BCUT2D eigenvalue weighted by molar-refractivity contribution is 0.298. The second-order valence-corrected chi connectivity index (χ2v) is 5.61. The van der Waals surface area contributed by atoms with E-state index in [1.807, 2.05) is 19.2 Å². The Hall–Kier alpha value is -0.720. The molecule has 5 heteroatoms. The molecule has 2 atom stereocenters. The molecule has 21 heavy (non-hydrogen) atoms. The molecule has 1 aromatic rings. The molecule has 1 aliphatic rings. The molecule has 0 bridgehead atoms. The normalized spacial score (nSPS) is 22.5. The van der Waals surface area contributed by atoms with Crippen LogP contribution in [-0.4, -0.2) is 25.6 Å². The van der Waals surface area contributed by atoms with Crippen LogP contribution < -0.4 is 10.6 Å². The summed E-state index contributed by atoms with van der Waals surface area (Å²) >= 11 is 0. The third-order valence-electron chi connectivity index (χ3n) is 4.17. The summed E-state index contributed by atoms with van der Waals surface area (Å²) in [6.07, 6.45) is 9.15. The summed E-state index contributed by atoms with van der Waals surface area (Å²) in [5.74, 6) is 2.80. The van der Waals surface area contributed by atoms with Gasteiger partial charge in [0, 0.05) is 26.1 Å². The number of guanidine groups is 1. The maximum Gasteiger partial charge on any atom is 0.191 e. The first kappa shape index (κ1) is 18.3. The summed E-state index contributed by atoms with van der Waals surface area (Å²) in [5, 5.41) is 6.93. The lowest BCUT2D eigenvalue weighted by atomic mass is 9.84. The lowest BCUT2D eigenvalue weighted by Gasteiger charge is -2.30. The Balaban J connectivity index is 0.00000220. The van der Waals surface area contributed by atoms with Crippen molar-refractivity contribution < 1.29 is 4.42 Å². The van der Waals surface area contributed by atoms with Gasteiger partial charge in [-0.25, -0.2) is 0 Å². The van der Waals surface area contributed by atoms with Gasteiger partial charge >= 0.3 is 0 Å². The number of nitrogens with one attached hydrogen (secondary N) is 2. The Morgan fingerprint density at radius 1 is 1.43 bits per heavy atom. The van der Waals surface area contributed by atoms with Crippen LogP contribution >= 0.6 is 24.0 Å². The zero-order chi connectivity index (χ0) is 14.2. The Bertz CT molecular complexity index is 406. The number of hydrogen-bond donors (Lipinski definition) is 2. The van der Waals surface area contributed by atoms with E-state index in [2.05, 4.69) is 22.5 Å². The third-order valence-corrected chi connectivity index (χ3v) is 4.17. The van der Waals surface area contributed by atoms with Gasteiger partial charge in [-0.1, -0.05) is 26.2 Å². The van der Waals surface area contributed by atoms with Crippen LogP contribution in [0.5, 0.6) is 0 Å². The van der Waals surface area contributed by atoms with Crippen LogP contribution in [0.1, 0.15) is 44.8 Å². The second kappa shape index (κ2) is 10.1. The fourth-order valence-electron chi connectivity index (χ4n) is 2.94. The molecule has 1 heterocycles. The summed E-state index contributed by atoms with van der Waals surface area (Å²) in [7, 11) is 1.84. The van der Waals surface area contributed by atoms with Crippen molar-refractivity contribution in [1.82, 2.24) is 10.6 Å². The molecule has 1 saturated carbocycles. The van der Waals surface area contributed by atoms with Gasteiger partial charge in [0.25, 0.3) is 0 Å². The number of furan rings is 1. The highest BCUT2D eigenvalue weighted by Gasteiger charge is 2.21. The van der Waals surface area contributed by atoms with E-state index in [-0.39, 0.29) is 24.0 Å². The van der Waals surface area contributed by atoms with Crippen LogP contribution in [0.25, 0.3) is 0 Å². The third kappa shape index (κ3) is 6.28. The molecule has 1 aromatic heterocycles. The SMILES string of the molecule is CCC1CCCC(NC(=NC)NCCc2ccco2)C1.I. The summed E-state index contributed by atoms with van der Waals surface area (Å²) < 4.78 is 5.33. The van der Waals surface area contributed by atoms with E-state index >= 15 is 0 Å². The van der Waals surface area contributed by atoms with E-state index in [4.69, 9.17) is 4.42 Å². The van der Waals surface area contributed by atoms with E-state index in [1.54, 1.807) is 6.26 Å². The first-order valence-corrected chi connectivity index (χ1v) is 7.81. The van der Waals surface area contributed by atoms with Crippen molar-refractivity contribution in [3.05, 3.63) is 24.2 Å². The standard InChI is InChI=1S/C16H27N3O.HI/c1-3-13-6-4-7-14(12-13)19-16(17-2)18-10-9-15-8-5-11-20-15;/h5,8,11,13-14H,3-4,6-7,9-10,12H2,1-2H3,(H2,17,18,19);1H. The Morgan fingerprint density at radius 3 is 2.95 bits per heavy atom. The first-order chi connectivity index (χ1) is 9.81. The Kier molecular flexibility index (Phi) is 8.80. The average Bonchev–Trinajstić information content (AvgIpc) is 2.99. The molecule has 0 saturated heterocycles. The minimum atomic E-state index is 0. The van der Waals surface area contributed by atoms with Gasteiger partial charge in [0.15, 0.2) is 5.96 Å². The van der Waals surface area contributed by atoms with E-state index < -0.39 is 0 Å². The summed E-state index contributed by atoms with van der Waals surface area (Å²) in [5.41, 5.74) is 0. The Morgan fingerprint density at radius 2 is 2.29 bits per heavy atom. The van der Waals surface area contributed by atoms with Crippen LogP contribution in [-0.2, 0) is 6.42 Å². The van der Waals surface area contributed by atoms with Gasteiger partial charge in [-0.3, -0.25) is 4.99 Å². The van der Waals surface area contributed by atoms with Crippen molar-refractivity contribution in [2.75, 3.05) is 13.6 Å². The molecule has 0 aliphatic heterocycles. The molecular weight excluding hydrogens is 377 g/mol. The predicted molar refractivity (Wildman–Crippen MR) is 98.4 cm³/mol. The monoisotopic (exact) mass is 405 g/mol. The highest BCUT2D eigenvalue weighted by molar-refractivity contribution is 14.0. The number of halogens is 1. The maximum atomic E-state index is 5.33. The van der Waals surface area contributed by atoms with Crippen LogP contribution in [0.2, 0.25) is 0 Å². The van der Waals surface area contributed by atoms with Gasteiger partial charge in [-0.05, 0) is 30.9 Å². The van der Waals surface area contributed by atoms with Crippen molar-refractivity contribution in [1.29, 1.82) is 0 Å². The molecule has 2 unspecified atom stereocenters. The smallest absolute Gasteiger partial charge is 0.191 e. The van der Waals surface area contributed by atoms with Crippen LogP contribution in [0, 0.1) is 5.92 Å². The predicted octanol–water partition coefficient (Wildman–Crippen LogP) is 3.57. The molecule has 0 spiro atoms. The van der Waals surface area contributed by atoms with Crippen molar-refractivity contribution in [2.45, 2.75) is 51.5 Å². The molecule has 4 nitrogen and oxygen atoms in total. The molecule has 0 radical (unpaired) electrons. The van der Waals surface area contributed by atoms with E-state index in [9.17, 15) is 0 Å². The highest BCUT2D eigenvalue weighted by atomic mass is 127. The summed E-state index contributed by atoms with van der Waals surface area (Å²) in [6, 6.07) is 4.50. The molecule has 0 aromatic carbocycles. The number of rotatable bonds is 5. The number of hydrogen-bond acceptors (Lipinski definition) is 2. The van der Waals surface area contributed by atoms with E-state index in [1.165, 1.54) is 32.1 Å². The molecule has 0 amide bonds. The van der Waals surface area contributed by atoms with Crippen LogP contribution in [0.15, 0.2) is 27.8 Å². The molecule has 1 aliphatic carbocycles. The summed E-state index contributed by atoms with van der Waals surface area (Å²) in [4.78, 5) is 4.32. The highest BCUT2D eigenvalue weighted by Crippen LogP contribution is 2.26. The minimum Gasteiger partial charge on any atom is -0.469 e. The van der Waals surface area contributed by atoms with E-state index in [0.717, 1.165) is 30.6 Å². The van der Waals surface area contributed by atoms with Gasteiger partial charge in [0.1, 0.15) is 5.76 Å². The maximum absolute atomic E-state index is 5.33. The molecule has 2 N–H and O–H groups in total. The van der Waals surface area contributed by atoms with Crippen molar-refractivity contribution in [2.24, 2.45) is 10.9 Å². The van der Waals surface area contributed by atoms with Crippen LogP contribution in [0.4, 0.5) is 0 Å². The molecule has 120 valence electrons. The van der Waals surface area contributed by atoms with Gasteiger partial charge in [0.05, 0.1) is 6.26 Å². The van der Waals surface area contributed by atoms with Crippen LogP contribution in [0.3, 0.4) is 0 Å². The molecular formula is C16H28IN3O. The second-order valence-electron chi connectivity index (χ2n) is 5.61. The lowest BCUT2D eigenvalue weighted by Crippen LogP contribution is -2.45. The first-order valence-electron chi connectivity index (χ1n) is 7.81. The Labute approximate surface area is 145 Å². The van der Waals surface area contributed by atoms with Gasteiger partial charge in [-0.2, -0.15) is 0 Å². The minimum absolute atomic E-state index is 0. The van der Waals surface area contributed by atoms with Gasteiger partial charge in [0.2, 0.25) is 0 Å². The van der Waals surface area contributed by atoms with Gasteiger partial charge < -0.3 is 15.1 Å². The zero-order valence-electron chi connectivity index (χ0n) is 13.1. The topological polar surface area (TPSA) is 49.6 Å².